The number of unbranched alkanes of at least 4 members (excludes halogenated alkanes) is 1. The van der Waals surface area contributed by atoms with Gasteiger partial charge in [0, 0.05) is 13.2 Å². The topological polar surface area (TPSA) is 65.0 Å². The molecule has 18 heavy (non-hydrogen) atoms. The zero-order valence-corrected chi connectivity index (χ0v) is 12.8. The van der Waals surface area contributed by atoms with Crippen LogP contribution in [-0.2, 0) is 18.3 Å². The fourth-order valence-electron chi connectivity index (χ4n) is 1.10. The summed E-state index contributed by atoms with van der Waals surface area (Å²) >= 11 is 0. The van der Waals surface area contributed by atoms with Gasteiger partial charge in [-0.2, -0.15) is 0 Å². The predicted molar refractivity (Wildman–Crippen MR) is 70.4 cm³/mol. The van der Waals surface area contributed by atoms with Crippen LogP contribution < -0.4 is 0 Å². The minimum atomic E-state index is -3.88. The van der Waals surface area contributed by atoms with Crippen LogP contribution in [0.5, 0.6) is 0 Å². The average molecular weight is 284 g/mol. The predicted octanol–water partition coefficient (Wildman–Crippen LogP) is 1.64. The molecule has 0 aromatic rings. The van der Waals surface area contributed by atoms with Crippen LogP contribution in [0.25, 0.3) is 0 Å². The quantitative estimate of drug-likeness (QED) is 0.355. The normalized spacial score (nSPS) is 15.6. The molecule has 7 heteroatoms. The molecule has 0 radical (unpaired) electrons. The summed E-state index contributed by atoms with van der Waals surface area (Å²) in [5.74, 6) is 0. The van der Waals surface area contributed by atoms with Crippen molar-refractivity contribution in [1.29, 1.82) is 0 Å². The van der Waals surface area contributed by atoms with Crippen molar-refractivity contribution < 1.29 is 27.7 Å². The summed E-state index contributed by atoms with van der Waals surface area (Å²) in [4.78, 5) is 9.39. The summed E-state index contributed by atoms with van der Waals surface area (Å²) in [5.41, 5.74) is 0. The third-order valence-electron chi connectivity index (χ3n) is 2.16. The van der Waals surface area contributed by atoms with Gasteiger partial charge in [0.15, 0.2) is 0 Å². The van der Waals surface area contributed by atoms with Crippen LogP contribution in [0, 0.1) is 0 Å². The average Bonchev–Trinajstić information content (AvgIpc) is 2.21. The molecule has 0 aromatic heterocycles. The summed E-state index contributed by atoms with van der Waals surface area (Å²) < 4.78 is 27.0. The molecule has 0 fully saturated rings. The molecule has 0 aromatic carbocycles. The van der Waals surface area contributed by atoms with Gasteiger partial charge in [-0.1, -0.05) is 0 Å². The molecule has 0 rings (SSSR count). The van der Waals surface area contributed by atoms with Gasteiger partial charge in [0.1, 0.15) is 13.2 Å². The lowest BCUT2D eigenvalue weighted by Crippen LogP contribution is -2.37. The van der Waals surface area contributed by atoms with Gasteiger partial charge in [-0.3, -0.25) is 9.05 Å². The number of phosphoric ester groups is 1. The van der Waals surface area contributed by atoms with Crippen LogP contribution in [0.1, 0.15) is 19.8 Å². The van der Waals surface area contributed by atoms with Crippen LogP contribution in [0.15, 0.2) is 0 Å². The van der Waals surface area contributed by atoms with Gasteiger partial charge in [-0.25, -0.2) is 4.57 Å². The number of ether oxygens (including phenoxy) is 1. The molecule has 6 nitrogen and oxygen atoms in total. The fraction of sp³-hybridized carbons (Fsp3) is 1.00. The highest BCUT2D eigenvalue weighted by Crippen LogP contribution is 2.43. The van der Waals surface area contributed by atoms with Crippen LogP contribution in [0.2, 0.25) is 0 Å². The largest absolute Gasteiger partial charge is 0.472 e. The minimum absolute atomic E-state index is 0.205. The number of rotatable bonds is 11. The van der Waals surface area contributed by atoms with E-state index in [9.17, 15) is 9.46 Å². The standard InChI is InChI=1S/C11H26NO5P/c1-5-15-9-6-7-10-16-18(13,14)17-11-8-12(2,3)4/h5-11H2,1-4H3/p+1. The lowest BCUT2D eigenvalue weighted by molar-refractivity contribution is -0.870. The van der Waals surface area contributed by atoms with Crippen LogP contribution >= 0.6 is 7.82 Å². The number of hydrogen-bond acceptors (Lipinski definition) is 4. The van der Waals surface area contributed by atoms with Crippen LogP contribution in [0.4, 0.5) is 0 Å². The first-order valence-electron chi connectivity index (χ1n) is 6.27. The molecule has 0 spiro atoms. The van der Waals surface area contributed by atoms with Gasteiger partial charge in [0.05, 0.1) is 27.7 Å². The first kappa shape index (κ1) is 18.0. The van der Waals surface area contributed by atoms with Crippen LogP contribution in [0.3, 0.4) is 0 Å². The maximum atomic E-state index is 11.5. The number of hydrogen-bond donors (Lipinski definition) is 1. The number of nitrogens with zero attached hydrogens (tertiary/aromatic N) is 1. The third-order valence-corrected chi connectivity index (χ3v) is 3.18. The highest BCUT2D eigenvalue weighted by Gasteiger charge is 2.21. The van der Waals surface area contributed by atoms with E-state index in [4.69, 9.17) is 13.8 Å². The Balaban J connectivity index is 3.58. The lowest BCUT2D eigenvalue weighted by atomic mass is 10.3. The summed E-state index contributed by atoms with van der Waals surface area (Å²) in [6.07, 6.45) is 1.50. The number of phosphoric acid groups is 1. The van der Waals surface area contributed by atoms with Crippen molar-refractivity contribution >= 4 is 7.82 Å². The Hall–Kier alpha value is 0.0300. The number of quaternary nitrogens is 1. The molecule has 0 aliphatic rings. The molecule has 1 unspecified atom stereocenters. The van der Waals surface area contributed by atoms with Gasteiger partial charge < -0.3 is 14.1 Å². The molecule has 1 N–H and O–H groups in total. The molecule has 0 heterocycles. The summed E-state index contributed by atoms with van der Waals surface area (Å²) in [5, 5.41) is 0. The summed E-state index contributed by atoms with van der Waals surface area (Å²) in [6.45, 7) is 4.34. The Morgan fingerprint density at radius 2 is 1.61 bits per heavy atom. The van der Waals surface area contributed by atoms with Crippen molar-refractivity contribution in [3.05, 3.63) is 0 Å². The summed E-state index contributed by atoms with van der Waals surface area (Å²) in [7, 11) is 2.07. The van der Waals surface area contributed by atoms with E-state index in [0.29, 0.717) is 30.7 Å². The summed E-state index contributed by atoms with van der Waals surface area (Å²) in [6, 6.07) is 0. The highest BCUT2D eigenvalue weighted by atomic mass is 31.2. The SMILES string of the molecule is CCOCCCCOP(=O)(O)OCC[N+](C)(C)C. The Labute approximate surface area is 110 Å². The van der Waals surface area contributed by atoms with Crippen molar-refractivity contribution in [1.82, 2.24) is 0 Å². The second-order valence-electron chi connectivity index (χ2n) is 5.05. The highest BCUT2D eigenvalue weighted by molar-refractivity contribution is 7.47. The molecular weight excluding hydrogens is 257 g/mol. The monoisotopic (exact) mass is 284 g/mol. The smallest absolute Gasteiger partial charge is 0.382 e. The molecule has 0 aliphatic carbocycles. The van der Waals surface area contributed by atoms with Crippen molar-refractivity contribution in [2.24, 2.45) is 0 Å². The van der Waals surface area contributed by atoms with Gasteiger partial charge in [-0.05, 0) is 19.8 Å². The van der Waals surface area contributed by atoms with E-state index in [1.165, 1.54) is 0 Å². The van der Waals surface area contributed by atoms with Crippen molar-refractivity contribution in [3.8, 4) is 0 Å². The van der Waals surface area contributed by atoms with Gasteiger partial charge >= 0.3 is 7.82 Å². The van der Waals surface area contributed by atoms with Gasteiger partial charge in [0.2, 0.25) is 0 Å². The molecule has 110 valence electrons. The molecular formula is C11H27NO5P+. The van der Waals surface area contributed by atoms with E-state index in [0.717, 1.165) is 6.42 Å². The third kappa shape index (κ3) is 12.5. The second-order valence-corrected chi connectivity index (χ2v) is 6.51. The van der Waals surface area contributed by atoms with Crippen LogP contribution in [-0.4, -0.2) is 63.5 Å². The molecule has 0 saturated heterocycles. The van der Waals surface area contributed by atoms with Gasteiger partial charge in [-0.15, -0.1) is 0 Å². The van der Waals surface area contributed by atoms with E-state index in [-0.39, 0.29) is 13.2 Å². The zero-order chi connectivity index (χ0) is 14.1. The Kier molecular flexibility index (Phi) is 9.03. The van der Waals surface area contributed by atoms with E-state index in [2.05, 4.69) is 0 Å². The first-order chi connectivity index (χ1) is 8.27. The lowest BCUT2D eigenvalue weighted by Gasteiger charge is -2.24. The Morgan fingerprint density at radius 1 is 1.06 bits per heavy atom. The molecule has 1 atom stereocenters. The number of likely N-dealkylation sites (N-methyl/N-ethyl adjacent to an activating group) is 1. The fourth-order valence-corrected chi connectivity index (χ4v) is 1.84. The molecule has 0 amide bonds. The van der Waals surface area contributed by atoms with E-state index >= 15 is 0 Å². The molecule has 0 aliphatic heterocycles. The maximum absolute atomic E-state index is 11.5. The van der Waals surface area contributed by atoms with Gasteiger partial charge in [0.25, 0.3) is 0 Å². The Bertz CT molecular complexity index is 254. The van der Waals surface area contributed by atoms with E-state index in [1.54, 1.807) is 0 Å². The van der Waals surface area contributed by atoms with E-state index < -0.39 is 7.82 Å². The minimum Gasteiger partial charge on any atom is -0.382 e. The van der Waals surface area contributed by atoms with Crippen molar-refractivity contribution in [2.45, 2.75) is 19.8 Å². The molecule has 0 saturated carbocycles. The second kappa shape index (κ2) is 9.02. The maximum Gasteiger partial charge on any atom is 0.472 e. The zero-order valence-electron chi connectivity index (χ0n) is 11.9. The molecule has 0 bridgehead atoms. The van der Waals surface area contributed by atoms with Crippen molar-refractivity contribution in [3.63, 3.8) is 0 Å². The van der Waals surface area contributed by atoms with Crippen molar-refractivity contribution in [2.75, 3.05) is 54.1 Å². The van der Waals surface area contributed by atoms with E-state index in [1.807, 2.05) is 28.1 Å². The Morgan fingerprint density at radius 3 is 2.17 bits per heavy atom. The first-order valence-corrected chi connectivity index (χ1v) is 7.76.